The van der Waals surface area contributed by atoms with Crippen LogP contribution in [0.2, 0.25) is 0 Å². The van der Waals surface area contributed by atoms with Crippen molar-refractivity contribution in [2.45, 2.75) is 45.6 Å². The molecule has 3 heterocycles. The van der Waals surface area contributed by atoms with E-state index >= 15 is 0 Å². The minimum atomic E-state index is 0.0579. The Labute approximate surface area is 141 Å². The molecule has 6 nitrogen and oxygen atoms in total. The van der Waals surface area contributed by atoms with Crippen molar-refractivity contribution in [3.05, 3.63) is 45.8 Å². The van der Waals surface area contributed by atoms with Crippen LogP contribution in [0.5, 0.6) is 0 Å². The number of rotatable bonds is 3. The lowest BCUT2D eigenvalue weighted by atomic mass is 9.97. The summed E-state index contributed by atoms with van der Waals surface area (Å²) < 4.78 is 1.69. The highest BCUT2D eigenvalue weighted by atomic mass is 16.1. The topological polar surface area (TPSA) is 63.9 Å². The molecular formula is C18H23N5O. The summed E-state index contributed by atoms with van der Waals surface area (Å²) in [5.41, 5.74) is 3.28. The second kappa shape index (κ2) is 6.34. The summed E-state index contributed by atoms with van der Waals surface area (Å²) in [5, 5.41) is 4.60. The van der Waals surface area contributed by atoms with Gasteiger partial charge in [-0.1, -0.05) is 0 Å². The third-order valence-corrected chi connectivity index (χ3v) is 5.16. The van der Waals surface area contributed by atoms with Crippen molar-refractivity contribution in [1.82, 2.24) is 19.7 Å². The molecule has 0 aromatic carbocycles. The quantitative estimate of drug-likeness (QED) is 0.860. The van der Waals surface area contributed by atoms with Gasteiger partial charge in [0.1, 0.15) is 5.82 Å². The van der Waals surface area contributed by atoms with Crippen molar-refractivity contribution in [1.29, 1.82) is 0 Å². The second-order valence-electron chi connectivity index (χ2n) is 6.94. The predicted molar refractivity (Wildman–Crippen MR) is 92.2 cm³/mol. The Hall–Kier alpha value is -2.24. The van der Waals surface area contributed by atoms with E-state index in [-0.39, 0.29) is 5.56 Å². The maximum atomic E-state index is 12.2. The van der Waals surface area contributed by atoms with Gasteiger partial charge in [0.05, 0.1) is 23.8 Å². The number of piperidine rings is 1. The molecule has 0 amide bonds. The average molecular weight is 325 g/mol. The van der Waals surface area contributed by atoms with Gasteiger partial charge in [-0.2, -0.15) is 5.10 Å². The van der Waals surface area contributed by atoms with Crippen molar-refractivity contribution < 1.29 is 0 Å². The third-order valence-electron chi connectivity index (χ3n) is 5.16. The molecule has 1 aliphatic heterocycles. The number of fused-ring (bicyclic) bond motifs is 1. The monoisotopic (exact) mass is 325 g/mol. The fraction of sp³-hybridized carbons (Fsp3) is 0.556. The Morgan fingerprint density at radius 1 is 1.17 bits per heavy atom. The number of anilines is 1. The highest BCUT2D eigenvalue weighted by Gasteiger charge is 2.22. The van der Waals surface area contributed by atoms with E-state index in [0.717, 1.165) is 74.5 Å². The summed E-state index contributed by atoms with van der Waals surface area (Å²) in [6, 6.07) is 1.80. The van der Waals surface area contributed by atoms with Gasteiger partial charge < -0.3 is 4.90 Å². The van der Waals surface area contributed by atoms with Gasteiger partial charge in [-0.05, 0) is 50.5 Å². The van der Waals surface area contributed by atoms with Crippen molar-refractivity contribution in [2.24, 2.45) is 5.92 Å². The van der Waals surface area contributed by atoms with Crippen LogP contribution in [0.4, 0.5) is 5.82 Å². The summed E-state index contributed by atoms with van der Waals surface area (Å²) in [7, 11) is 0. The minimum Gasteiger partial charge on any atom is -0.355 e. The zero-order chi connectivity index (χ0) is 16.5. The molecule has 6 heteroatoms. The van der Waals surface area contributed by atoms with Gasteiger partial charge in [0.25, 0.3) is 5.56 Å². The summed E-state index contributed by atoms with van der Waals surface area (Å²) in [5.74, 6) is 1.45. The van der Waals surface area contributed by atoms with Crippen LogP contribution in [0.25, 0.3) is 0 Å². The molecule has 0 saturated carbocycles. The normalized spacial score (nSPS) is 18.0. The molecule has 24 heavy (non-hydrogen) atoms. The van der Waals surface area contributed by atoms with Crippen molar-refractivity contribution in [2.75, 3.05) is 18.0 Å². The van der Waals surface area contributed by atoms with Crippen LogP contribution >= 0.6 is 0 Å². The Balaban J connectivity index is 1.40. The minimum absolute atomic E-state index is 0.0579. The number of hydrogen-bond donors (Lipinski definition) is 0. The zero-order valence-corrected chi connectivity index (χ0v) is 14.1. The van der Waals surface area contributed by atoms with Gasteiger partial charge in [-0.3, -0.25) is 9.78 Å². The molecule has 1 fully saturated rings. The maximum absolute atomic E-state index is 12.2. The van der Waals surface area contributed by atoms with E-state index in [1.54, 1.807) is 10.7 Å². The Morgan fingerprint density at radius 3 is 2.75 bits per heavy atom. The molecule has 0 bridgehead atoms. The Kier molecular flexibility index (Phi) is 4.04. The first-order chi connectivity index (χ1) is 11.7. The van der Waals surface area contributed by atoms with Crippen LogP contribution in [0.15, 0.2) is 23.3 Å². The molecule has 2 aromatic heterocycles. The van der Waals surface area contributed by atoms with Gasteiger partial charge in [-0.15, -0.1) is 0 Å². The molecule has 0 atom stereocenters. The summed E-state index contributed by atoms with van der Waals surface area (Å²) >= 11 is 0. The van der Waals surface area contributed by atoms with Crippen LogP contribution in [0, 0.1) is 12.8 Å². The van der Waals surface area contributed by atoms with Gasteiger partial charge in [0, 0.05) is 25.7 Å². The summed E-state index contributed by atoms with van der Waals surface area (Å²) in [4.78, 5) is 23.3. The first-order valence-electron chi connectivity index (χ1n) is 8.82. The molecule has 0 radical (unpaired) electrons. The molecule has 4 rings (SSSR count). The smallest absolute Gasteiger partial charge is 0.267 e. The molecule has 0 unspecified atom stereocenters. The second-order valence-corrected chi connectivity index (χ2v) is 6.94. The summed E-state index contributed by atoms with van der Waals surface area (Å²) in [6.07, 6.45) is 8.93. The van der Waals surface area contributed by atoms with Crippen LogP contribution in [0.1, 0.15) is 36.2 Å². The molecule has 0 N–H and O–H groups in total. The lowest BCUT2D eigenvalue weighted by Crippen LogP contribution is -2.37. The number of hydrogen-bond acceptors (Lipinski definition) is 5. The standard InChI is InChI=1S/C18H23N5O/c1-13-10-20-17(11-19-13)22-7-5-14(6-8-22)12-23-18(24)9-15-3-2-4-16(15)21-23/h9-11,14H,2-8,12H2,1H3. The van der Waals surface area contributed by atoms with E-state index in [1.807, 2.05) is 19.3 Å². The zero-order valence-electron chi connectivity index (χ0n) is 14.1. The molecule has 0 spiro atoms. The molecule has 2 aromatic rings. The summed E-state index contributed by atoms with van der Waals surface area (Å²) in [6.45, 7) is 4.61. The average Bonchev–Trinajstić information content (AvgIpc) is 3.04. The van der Waals surface area contributed by atoms with E-state index in [9.17, 15) is 4.79 Å². The third kappa shape index (κ3) is 3.05. The molecular weight excluding hydrogens is 302 g/mol. The van der Waals surface area contributed by atoms with E-state index < -0.39 is 0 Å². The largest absolute Gasteiger partial charge is 0.355 e. The van der Waals surface area contributed by atoms with Crippen molar-refractivity contribution in [3.63, 3.8) is 0 Å². The molecule has 1 aliphatic carbocycles. The SMILES string of the molecule is Cc1cnc(N2CCC(Cn3nc4c(cc3=O)CCC4)CC2)cn1. The number of aryl methyl sites for hydroxylation is 3. The number of aromatic nitrogens is 4. The van der Waals surface area contributed by atoms with E-state index in [4.69, 9.17) is 0 Å². The molecule has 2 aliphatic rings. The van der Waals surface area contributed by atoms with E-state index in [2.05, 4.69) is 20.0 Å². The van der Waals surface area contributed by atoms with Crippen LogP contribution < -0.4 is 10.5 Å². The first kappa shape index (κ1) is 15.3. The van der Waals surface area contributed by atoms with Crippen molar-refractivity contribution >= 4 is 5.82 Å². The lowest BCUT2D eigenvalue weighted by molar-refractivity contribution is 0.333. The first-order valence-corrected chi connectivity index (χ1v) is 8.82. The fourth-order valence-corrected chi connectivity index (χ4v) is 3.71. The van der Waals surface area contributed by atoms with Crippen LogP contribution in [0.3, 0.4) is 0 Å². The van der Waals surface area contributed by atoms with Gasteiger partial charge >= 0.3 is 0 Å². The highest BCUT2D eigenvalue weighted by Crippen LogP contribution is 2.23. The number of nitrogens with zero attached hydrogens (tertiary/aromatic N) is 5. The lowest BCUT2D eigenvalue weighted by Gasteiger charge is -2.32. The Morgan fingerprint density at radius 2 is 2.00 bits per heavy atom. The van der Waals surface area contributed by atoms with Gasteiger partial charge in [0.15, 0.2) is 0 Å². The maximum Gasteiger partial charge on any atom is 0.267 e. The predicted octanol–water partition coefficient (Wildman–Crippen LogP) is 1.75. The molecule has 1 saturated heterocycles. The van der Waals surface area contributed by atoms with Crippen LogP contribution in [-0.2, 0) is 19.4 Å². The Bertz CT molecular complexity index is 775. The van der Waals surface area contributed by atoms with Crippen molar-refractivity contribution in [3.8, 4) is 0 Å². The van der Waals surface area contributed by atoms with E-state index in [1.165, 1.54) is 0 Å². The van der Waals surface area contributed by atoms with Gasteiger partial charge in [-0.25, -0.2) is 9.67 Å². The highest BCUT2D eigenvalue weighted by molar-refractivity contribution is 5.36. The fourth-order valence-electron chi connectivity index (χ4n) is 3.71. The van der Waals surface area contributed by atoms with Gasteiger partial charge in [0.2, 0.25) is 0 Å². The van der Waals surface area contributed by atoms with Crippen LogP contribution in [-0.4, -0.2) is 32.8 Å². The van der Waals surface area contributed by atoms with E-state index in [0.29, 0.717) is 5.92 Å². The molecule has 126 valence electrons.